The van der Waals surface area contributed by atoms with Gasteiger partial charge in [0.15, 0.2) is 0 Å². The maximum absolute atomic E-state index is 13.2. The molecule has 0 saturated carbocycles. The van der Waals surface area contributed by atoms with Crippen molar-refractivity contribution in [2.24, 2.45) is 0 Å². The van der Waals surface area contributed by atoms with Gasteiger partial charge in [0.1, 0.15) is 5.82 Å². The van der Waals surface area contributed by atoms with Crippen molar-refractivity contribution in [2.75, 3.05) is 0 Å². The van der Waals surface area contributed by atoms with Crippen LogP contribution in [0.25, 0.3) is 5.57 Å². The molecular weight excluding hydrogens is 151 g/mol. The molecule has 0 saturated heterocycles. The van der Waals surface area contributed by atoms with Gasteiger partial charge in [0, 0.05) is 0 Å². The summed E-state index contributed by atoms with van der Waals surface area (Å²) in [6.45, 7) is 9.34. The van der Waals surface area contributed by atoms with Crippen LogP contribution in [0.1, 0.15) is 23.6 Å². The van der Waals surface area contributed by atoms with E-state index >= 15 is 0 Å². The maximum atomic E-state index is 13.2. The predicted molar refractivity (Wildman–Crippen MR) is 50.6 cm³/mol. The second kappa shape index (κ2) is 3.10. The molecule has 0 radical (unpaired) electrons. The standard InChI is InChI=1S/C11H13F/c1-7(2)10-5-8(3)9(4)11(12)6-10/h5-6H,1H2,2-4H3. The third-order valence-electron chi connectivity index (χ3n) is 2.10. The monoisotopic (exact) mass is 164 g/mol. The molecule has 0 N–H and O–H groups in total. The Morgan fingerprint density at radius 2 is 1.92 bits per heavy atom. The molecule has 0 nitrogen and oxygen atoms in total. The van der Waals surface area contributed by atoms with Gasteiger partial charge in [0.05, 0.1) is 0 Å². The minimum atomic E-state index is -0.145. The summed E-state index contributed by atoms with van der Waals surface area (Å²) in [6.07, 6.45) is 0. The largest absolute Gasteiger partial charge is 0.207 e. The molecule has 0 fully saturated rings. The first-order valence-corrected chi connectivity index (χ1v) is 3.95. The third-order valence-corrected chi connectivity index (χ3v) is 2.10. The Morgan fingerprint density at radius 3 is 2.33 bits per heavy atom. The van der Waals surface area contributed by atoms with Crippen LogP contribution in [0.4, 0.5) is 4.39 Å². The van der Waals surface area contributed by atoms with E-state index in [0.717, 1.165) is 22.3 Å². The molecule has 12 heavy (non-hydrogen) atoms. The van der Waals surface area contributed by atoms with Gasteiger partial charge in [-0.25, -0.2) is 4.39 Å². The molecule has 1 aromatic carbocycles. The molecule has 64 valence electrons. The van der Waals surface area contributed by atoms with Gasteiger partial charge in [0.25, 0.3) is 0 Å². The van der Waals surface area contributed by atoms with E-state index in [1.54, 1.807) is 6.92 Å². The lowest BCUT2D eigenvalue weighted by molar-refractivity contribution is 0.616. The van der Waals surface area contributed by atoms with E-state index in [2.05, 4.69) is 6.58 Å². The van der Waals surface area contributed by atoms with Crippen LogP contribution in [-0.2, 0) is 0 Å². The first-order valence-electron chi connectivity index (χ1n) is 3.95. The molecular formula is C11H13F. The molecule has 0 aromatic heterocycles. The van der Waals surface area contributed by atoms with E-state index in [9.17, 15) is 4.39 Å². The normalized spacial score (nSPS) is 10.0. The number of allylic oxidation sites excluding steroid dienone is 1. The average molecular weight is 164 g/mol. The lowest BCUT2D eigenvalue weighted by Crippen LogP contribution is -1.90. The number of rotatable bonds is 1. The Morgan fingerprint density at radius 1 is 1.33 bits per heavy atom. The minimum Gasteiger partial charge on any atom is -0.207 e. The van der Waals surface area contributed by atoms with Gasteiger partial charge in [-0.1, -0.05) is 18.2 Å². The SMILES string of the molecule is C=C(C)c1cc(C)c(C)c(F)c1. The predicted octanol–water partition coefficient (Wildman–Crippen LogP) is 3.48. The lowest BCUT2D eigenvalue weighted by Gasteiger charge is -2.05. The number of hydrogen-bond acceptors (Lipinski definition) is 0. The minimum absolute atomic E-state index is 0.145. The van der Waals surface area contributed by atoms with Gasteiger partial charge in [-0.15, -0.1) is 0 Å². The van der Waals surface area contributed by atoms with E-state index in [1.807, 2.05) is 19.9 Å². The summed E-state index contributed by atoms with van der Waals surface area (Å²) in [5.74, 6) is -0.145. The van der Waals surface area contributed by atoms with Gasteiger partial charge < -0.3 is 0 Å². The second-order valence-corrected chi connectivity index (χ2v) is 3.18. The fraction of sp³-hybridized carbons (Fsp3) is 0.273. The van der Waals surface area contributed by atoms with E-state index in [1.165, 1.54) is 6.07 Å². The van der Waals surface area contributed by atoms with Crippen molar-refractivity contribution in [1.82, 2.24) is 0 Å². The van der Waals surface area contributed by atoms with Gasteiger partial charge in [0.2, 0.25) is 0 Å². The van der Waals surface area contributed by atoms with Gasteiger partial charge in [-0.2, -0.15) is 0 Å². The van der Waals surface area contributed by atoms with Crippen molar-refractivity contribution in [2.45, 2.75) is 20.8 Å². The summed E-state index contributed by atoms with van der Waals surface area (Å²) in [6, 6.07) is 3.49. The quantitative estimate of drug-likeness (QED) is 0.596. The van der Waals surface area contributed by atoms with Crippen molar-refractivity contribution in [1.29, 1.82) is 0 Å². The Balaban J connectivity index is 3.31. The van der Waals surface area contributed by atoms with E-state index < -0.39 is 0 Å². The Bertz CT molecular complexity index is 301. The lowest BCUT2D eigenvalue weighted by atomic mass is 10.0. The highest BCUT2D eigenvalue weighted by molar-refractivity contribution is 5.62. The van der Waals surface area contributed by atoms with Crippen molar-refractivity contribution in [3.8, 4) is 0 Å². The summed E-state index contributed by atoms with van der Waals surface area (Å²) in [7, 11) is 0. The molecule has 0 amide bonds. The summed E-state index contributed by atoms with van der Waals surface area (Å²) < 4.78 is 13.2. The maximum Gasteiger partial charge on any atom is 0.126 e. The molecule has 0 bridgehead atoms. The number of aryl methyl sites for hydroxylation is 1. The highest BCUT2D eigenvalue weighted by atomic mass is 19.1. The van der Waals surface area contributed by atoms with Crippen molar-refractivity contribution >= 4 is 5.57 Å². The summed E-state index contributed by atoms with van der Waals surface area (Å²) in [5.41, 5.74) is 3.49. The smallest absolute Gasteiger partial charge is 0.126 e. The van der Waals surface area contributed by atoms with Crippen LogP contribution in [0.3, 0.4) is 0 Å². The van der Waals surface area contributed by atoms with Crippen LogP contribution in [0.15, 0.2) is 18.7 Å². The van der Waals surface area contributed by atoms with Gasteiger partial charge in [-0.3, -0.25) is 0 Å². The van der Waals surface area contributed by atoms with Crippen LogP contribution in [-0.4, -0.2) is 0 Å². The number of halogens is 1. The fourth-order valence-electron chi connectivity index (χ4n) is 1.06. The van der Waals surface area contributed by atoms with Crippen LogP contribution in [0, 0.1) is 19.7 Å². The van der Waals surface area contributed by atoms with E-state index in [-0.39, 0.29) is 5.82 Å². The summed E-state index contributed by atoms with van der Waals surface area (Å²) in [4.78, 5) is 0. The first kappa shape index (κ1) is 8.98. The van der Waals surface area contributed by atoms with Crippen LogP contribution < -0.4 is 0 Å². The Kier molecular flexibility index (Phi) is 2.32. The Hall–Kier alpha value is -1.11. The topological polar surface area (TPSA) is 0 Å². The number of benzene rings is 1. The summed E-state index contributed by atoms with van der Waals surface area (Å²) >= 11 is 0. The summed E-state index contributed by atoms with van der Waals surface area (Å²) in [5, 5.41) is 0. The molecule has 0 spiro atoms. The van der Waals surface area contributed by atoms with Crippen molar-refractivity contribution < 1.29 is 4.39 Å². The second-order valence-electron chi connectivity index (χ2n) is 3.18. The highest BCUT2D eigenvalue weighted by Gasteiger charge is 2.03. The third kappa shape index (κ3) is 1.55. The molecule has 0 aliphatic heterocycles. The molecule has 0 unspecified atom stereocenters. The zero-order valence-electron chi connectivity index (χ0n) is 7.74. The molecule has 1 rings (SSSR count). The van der Waals surface area contributed by atoms with Gasteiger partial charge in [-0.05, 0) is 43.5 Å². The Labute approximate surface area is 72.7 Å². The number of hydrogen-bond donors (Lipinski definition) is 0. The first-order chi connectivity index (χ1) is 5.52. The van der Waals surface area contributed by atoms with E-state index in [0.29, 0.717) is 0 Å². The fourth-order valence-corrected chi connectivity index (χ4v) is 1.06. The molecule has 0 aliphatic carbocycles. The van der Waals surface area contributed by atoms with Crippen molar-refractivity contribution in [3.63, 3.8) is 0 Å². The molecule has 0 atom stereocenters. The van der Waals surface area contributed by atoms with E-state index in [4.69, 9.17) is 0 Å². The average Bonchev–Trinajstić information content (AvgIpc) is 1.99. The zero-order chi connectivity index (χ0) is 9.30. The van der Waals surface area contributed by atoms with Crippen molar-refractivity contribution in [3.05, 3.63) is 41.2 Å². The van der Waals surface area contributed by atoms with Crippen LogP contribution in [0.2, 0.25) is 0 Å². The highest BCUT2D eigenvalue weighted by Crippen LogP contribution is 2.19. The van der Waals surface area contributed by atoms with Crippen LogP contribution in [0.5, 0.6) is 0 Å². The van der Waals surface area contributed by atoms with Gasteiger partial charge >= 0.3 is 0 Å². The zero-order valence-corrected chi connectivity index (χ0v) is 7.74. The van der Waals surface area contributed by atoms with Crippen LogP contribution >= 0.6 is 0 Å². The molecule has 0 aliphatic rings. The molecule has 1 heteroatoms. The molecule has 0 heterocycles. The molecule has 1 aromatic rings.